The SMILES string of the molecule is C#CCOc1cccc(-c2cc3c4ccccc4ccn3n2)c1. The van der Waals surface area contributed by atoms with Crippen LogP contribution in [0.1, 0.15) is 0 Å². The van der Waals surface area contributed by atoms with Crippen molar-refractivity contribution in [2.75, 3.05) is 6.61 Å². The molecule has 0 aliphatic rings. The number of terminal acetylenes is 1. The summed E-state index contributed by atoms with van der Waals surface area (Å²) in [7, 11) is 0. The molecule has 4 rings (SSSR count). The van der Waals surface area contributed by atoms with Gasteiger partial charge in [0.2, 0.25) is 0 Å². The highest BCUT2D eigenvalue weighted by Gasteiger charge is 2.08. The molecule has 0 aliphatic heterocycles. The highest BCUT2D eigenvalue weighted by atomic mass is 16.5. The minimum Gasteiger partial charge on any atom is -0.481 e. The number of rotatable bonds is 3. The van der Waals surface area contributed by atoms with Crippen LogP contribution in [0.5, 0.6) is 5.75 Å². The number of fused-ring (bicyclic) bond motifs is 3. The zero-order valence-electron chi connectivity index (χ0n) is 12.4. The van der Waals surface area contributed by atoms with E-state index in [4.69, 9.17) is 11.2 Å². The second kappa shape index (κ2) is 5.51. The Morgan fingerprint density at radius 1 is 1.04 bits per heavy atom. The molecule has 110 valence electrons. The van der Waals surface area contributed by atoms with E-state index < -0.39 is 0 Å². The van der Waals surface area contributed by atoms with Crippen molar-refractivity contribution in [2.45, 2.75) is 0 Å². The van der Waals surface area contributed by atoms with Crippen molar-refractivity contribution in [2.24, 2.45) is 0 Å². The van der Waals surface area contributed by atoms with E-state index in [1.54, 1.807) is 0 Å². The van der Waals surface area contributed by atoms with Gasteiger partial charge in [-0.25, -0.2) is 4.52 Å². The van der Waals surface area contributed by atoms with Gasteiger partial charge in [0.25, 0.3) is 0 Å². The summed E-state index contributed by atoms with van der Waals surface area (Å²) in [6.07, 6.45) is 7.22. The van der Waals surface area contributed by atoms with Crippen LogP contribution in [0.3, 0.4) is 0 Å². The molecule has 0 saturated heterocycles. The third-order valence-electron chi connectivity index (χ3n) is 3.82. The lowest BCUT2D eigenvalue weighted by Gasteiger charge is -2.03. The van der Waals surface area contributed by atoms with Crippen LogP contribution in [0.15, 0.2) is 66.9 Å². The van der Waals surface area contributed by atoms with Crippen molar-refractivity contribution < 1.29 is 4.74 Å². The van der Waals surface area contributed by atoms with E-state index in [1.807, 2.05) is 47.1 Å². The zero-order chi connectivity index (χ0) is 15.6. The number of aromatic nitrogens is 2. The third kappa shape index (κ3) is 2.41. The first-order valence-corrected chi connectivity index (χ1v) is 7.39. The van der Waals surface area contributed by atoms with Crippen LogP contribution >= 0.6 is 0 Å². The Morgan fingerprint density at radius 2 is 1.96 bits per heavy atom. The van der Waals surface area contributed by atoms with Gasteiger partial charge in [-0.1, -0.05) is 42.3 Å². The smallest absolute Gasteiger partial charge is 0.148 e. The van der Waals surface area contributed by atoms with E-state index in [9.17, 15) is 0 Å². The molecule has 0 aliphatic carbocycles. The molecule has 0 atom stereocenters. The summed E-state index contributed by atoms with van der Waals surface area (Å²) < 4.78 is 7.40. The number of hydrogen-bond acceptors (Lipinski definition) is 2. The van der Waals surface area contributed by atoms with Gasteiger partial charge in [0.1, 0.15) is 12.4 Å². The summed E-state index contributed by atoms with van der Waals surface area (Å²) in [6.45, 7) is 0.263. The lowest BCUT2D eigenvalue weighted by Crippen LogP contribution is -1.93. The van der Waals surface area contributed by atoms with Crippen LogP contribution in [0, 0.1) is 12.3 Å². The maximum atomic E-state index is 5.49. The van der Waals surface area contributed by atoms with E-state index in [1.165, 1.54) is 10.8 Å². The Hall–Kier alpha value is -3.25. The Morgan fingerprint density at radius 3 is 2.87 bits per heavy atom. The molecule has 2 aromatic carbocycles. The largest absolute Gasteiger partial charge is 0.481 e. The highest BCUT2D eigenvalue weighted by Crippen LogP contribution is 2.27. The zero-order valence-corrected chi connectivity index (χ0v) is 12.4. The molecule has 4 aromatic rings. The van der Waals surface area contributed by atoms with E-state index in [-0.39, 0.29) is 6.61 Å². The summed E-state index contributed by atoms with van der Waals surface area (Å²) in [5.74, 6) is 3.23. The predicted octanol–water partition coefficient (Wildman–Crippen LogP) is 4.17. The standard InChI is InChI=1S/C20H14N2O/c1-2-12-23-17-8-5-7-16(13-17)19-14-20-18-9-4-3-6-15(18)10-11-22(20)21-19/h1,3-11,13-14H,12H2. The highest BCUT2D eigenvalue weighted by molar-refractivity contribution is 5.96. The van der Waals surface area contributed by atoms with Gasteiger partial charge >= 0.3 is 0 Å². The second-order valence-electron chi connectivity index (χ2n) is 5.28. The number of pyridine rings is 1. The molecule has 0 unspecified atom stereocenters. The van der Waals surface area contributed by atoms with Gasteiger partial charge in [0, 0.05) is 17.1 Å². The van der Waals surface area contributed by atoms with E-state index in [0.717, 1.165) is 22.5 Å². The number of benzene rings is 2. The molecular formula is C20H14N2O. The molecule has 23 heavy (non-hydrogen) atoms. The maximum absolute atomic E-state index is 5.49. The quantitative estimate of drug-likeness (QED) is 0.531. The average Bonchev–Trinajstić information content (AvgIpc) is 3.05. The normalized spacial score (nSPS) is 10.7. The summed E-state index contributed by atoms with van der Waals surface area (Å²) in [4.78, 5) is 0. The van der Waals surface area contributed by atoms with E-state index in [0.29, 0.717) is 0 Å². The fraction of sp³-hybridized carbons (Fsp3) is 0.0500. The van der Waals surface area contributed by atoms with Gasteiger partial charge in [0.15, 0.2) is 0 Å². The van der Waals surface area contributed by atoms with Crippen LogP contribution in [-0.4, -0.2) is 16.2 Å². The molecule has 3 nitrogen and oxygen atoms in total. The van der Waals surface area contributed by atoms with Gasteiger partial charge in [0.05, 0.1) is 11.2 Å². The molecule has 0 N–H and O–H groups in total. The van der Waals surface area contributed by atoms with Crippen molar-refractivity contribution in [1.82, 2.24) is 9.61 Å². The molecule has 3 heteroatoms. The minimum atomic E-state index is 0.263. The molecular weight excluding hydrogens is 284 g/mol. The van der Waals surface area contributed by atoms with Crippen molar-refractivity contribution in [3.63, 3.8) is 0 Å². The van der Waals surface area contributed by atoms with E-state index in [2.05, 4.69) is 35.3 Å². The van der Waals surface area contributed by atoms with Crippen LogP contribution in [0.2, 0.25) is 0 Å². The first kappa shape index (κ1) is 13.4. The lowest BCUT2D eigenvalue weighted by atomic mass is 10.1. The monoisotopic (exact) mass is 298 g/mol. The van der Waals surface area contributed by atoms with Crippen molar-refractivity contribution in [3.05, 3.63) is 66.9 Å². The third-order valence-corrected chi connectivity index (χ3v) is 3.82. The average molecular weight is 298 g/mol. The fourth-order valence-electron chi connectivity index (χ4n) is 2.75. The molecule has 0 spiro atoms. The molecule has 0 radical (unpaired) electrons. The molecule has 0 bridgehead atoms. The predicted molar refractivity (Wildman–Crippen MR) is 92.5 cm³/mol. The van der Waals surface area contributed by atoms with Gasteiger partial charge in [-0.2, -0.15) is 5.10 Å². The minimum absolute atomic E-state index is 0.263. The molecule has 2 heterocycles. The summed E-state index contributed by atoms with van der Waals surface area (Å²) >= 11 is 0. The number of nitrogens with zero attached hydrogens (tertiary/aromatic N) is 2. The molecule has 2 aromatic heterocycles. The lowest BCUT2D eigenvalue weighted by molar-refractivity contribution is 0.370. The van der Waals surface area contributed by atoms with Gasteiger partial charge < -0.3 is 4.74 Å². The Labute approximate surface area is 134 Å². The van der Waals surface area contributed by atoms with Gasteiger partial charge in [-0.3, -0.25) is 0 Å². The van der Waals surface area contributed by atoms with Crippen molar-refractivity contribution in [1.29, 1.82) is 0 Å². The first-order chi connectivity index (χ1) is 11.3. The second-order valence-corrected chi connectivity index (χ2v) is 5.28. The van der Waals surface area contributed by atoms with Crippen LogP contribution in [-0.2, 0) is 0 Å². The van der Waals surface area contributed by atoms with E-state index >= 15 is 0 Å². The number of ether oxygens (including phenoxy) is 1. The maximum Gasteiger partial charge on any atom is 0.148 e. The molecule has 0 fully saturated rings. The summed E-state index contributed by atoms with van der Waals surface area (Å²) in [6, 6.07) is 20.3. The van der Waals surface area contributed by atoms with Crippen molar-refractivity contribution in [3.8, 4) is 29.4 Å². The van der Waals surface area contributed by atoms with Crippen LogP contribution in [0.25, 0.3) is 27.5 Å². The summed E-state index contributed by atoms with van der Waals surface area (Å²) in [5.41, 5.74) is 3.01. The van der Waals surface area contributed by atoms with Crippen LogP contribution < -0.4 is 4.74 Å². The number of hydrogen-bond donors (Lipinski definition) is 0. The van der Waals surface area contributed by atoms with Gasteiger partial charge in [-0.05, 0) is 29.7 Å². The topological polar surface area (TPSA) is 26.5 Å². The first-order valence-electron chi connectivity index (χ1n) is 7.39. The fourth-order valence-corrected chi connectivity index (χ4v) is 2.75. The Kier molecular flexibility index (Phi) is 3.21. The van der Waals surface area contributed by atoms with Crippen LogP contribution in [0.4, 0.5) is 0 Å². The molecule has 0 amide bonds. The Bertz CT molecular complexity index is 1040. The molecule has 0 saturated carbocycles. The Balaban J connectivity index is 1.83. The van der Waals surface area contributed by atoms with Gasteiger partial charge in [-0.15, -0.1) is 6.42 Å². The summed E-state index contributed by atoms with van der Waals surface area (Å²) in [5, 5.41) is 7.07. The van der Waals surface area contributed by atoms with Crippen molar-refractivity contribution >= 4 is 16.3 Å².